The summed E-state index contributed by atoms with van der Waals surface area (Å²) < 4.78 is 68.4. The lowest BCUT2D eigenvalue weighted by atomic mass is 9.97. The van der Waals surface area contributed by atoms with Crippen LogP contribution in [0.1, 0.15) is 60.4 Å². The van der Waals surface area contributed by atoms with Crippen molar-refractivity contribution in [2.24, 2.45) is 10.8 Å². The molecule has 4 unspecified atom stereocenters. The number of para-hydroxylation sites is 1. The fourth-order valence-corrected chi connectivity index (χ4v) is 6.98. The lowest BCUT2D eigenvalue weighted by Crippen LogP contribution is -2.43. The molecule has 4 rings (SSSR count). The number of benzene rings is 1. The highest BCUT2D eigenvalue weighted by molar-refractivity contribution is 7.61. The number of hydrogen-bond donors (Lipinski definition) is 3. The molecule has 7 atom stereocenters. The number of phosphoric acid groups is 2. The van der Waals surface area contributed by atoms with Gasteiger partial charge in [0.25, 0.3) is 5.56 Å². The molecular weight excluding hydrogens is 736 g/mol. The SMILES string of the molecule is CC(OC(=O)C(C)(C)C)OP(=O)(OCOC(=O)C(C)(C)C)OP(=O)(O)OC[C@H]1O[C@@H](n2ccc(=O)n(Cc3noc4ccccc34)c2=O)[C@@H](O)C1O. The van der Waals surface area contributed by atoms with Crippen LogP contribution in [-0.2, 0) is 57.4 Å². The Kier molecular flexibility index (Phi) is 12.5. The van der Waals surface area contributed by atoms with Crippen LogP contribution in [0.15, 0.2) is 50.6 Å². The van der Waals surface area contributed by atoms with Gasteiger partial charge < -0.3 is 33.8 Å². The third kappa shape index (κ3) is 10.1. The normalized spacial score (nSPS) is 22.4. The van der Waals surface area contributed by atoms with Gasteiger partial charge in [-0.3, -0.25) is 28.0 Å². The van der Waals surface area contributed by atoms with Crippen LogP contribution in [0.5, 0.6) is 0 Å². The van der Waals surface area contributed by atoms with Gasteiger partial charge in [0.1, 0.15) is 24.0 Å². The standard InChI is InChI=1S/C30H41N3O17P2/c1-17(46-27(38)30(5,6)7)49-52(42,45-16-43-26(37)29(2,3)4)50-51(40,41)44-15-21-23(35)24(36)25(47-21)32-13-12-22(34)33(28(32)39)14-19-18-10-8-9-11-20(18)48-31-19/h8-13,17,21,23-25,35-36H,14-16H2,1-7H3,(H,40,41)/t17?,21-,23?,24+,25-,52?/m1/s1. The molecule has 20 nitrogen and oxygen atoms in total. The number of nitrogens with zero attached hydrogens (tertiary/aromatic N) is 3. The van der Waals surface area contributed by atoms with Gasteiger partial charge >= 0.3 is 33.3 Å². The molecule has 3 N–H and O–H groups in total. The largest absolute Gasteiger partial charge is 0.489 e. The Bertz CT molecular complexity index is 1980. The van der Waals surface area contributed by atoms with Gasteiger partial charge in [-0.25, -0.2) is 23.0 Å². The minimum atomic E-state index is -5.50. The predicted molar refractivity (Wildman–Crippen MR) is 176 cm³/mol. The summed E-state index contributed by atoms with van der Waals surface area (Å²) in [7, 11) is -10.8. The van der Waals surface area contributed by atoms with Crippen LogP contribution in [0.2, 0.25) is 0 Å². The van der Waals surface area contributed by atoms with E-state index in [0.717, 1.165) is 28.3 Å². The van der Waals surface area contributed by atoms with Gasteiger partial charge in [0, 0.05) is 17.6 Å². The Morgan fingerprint density at radius 3 is 2.29 bits per heavy atom. The summed E-state index contributed by atoms with van der Waals surface area (Å²) in [6.45, 7) is 7.80. The Morgan fingerprint density at radius 1 is 0.981 bits per heavy atom. The van der Waals surface area contributed by atoms with E-state index in [1.54, 1.807) is 24.3 Å². The summed E-state index contributed by atoms with van der Waals surface area (Å²) in [5, 5.41) is 25.9. The molecule has 3 heterocycles. The summed E-state index contributed by atoms with van der Waals surface area (Å²) in [6.07, 6.45) is -7.53. The summed E-state index contributed by atoms with van der Waals surface area (Å²) in [4.78, 5) is 61.0. The van der Waals surface area contributed by atoms with Crippen LogP contribution >= 0.6 is 15.6 Å². The fraction of sp³-hybridized carbons (Fsp3) is 0.567. The molecule has 52 heavy (non-hydrogen) atoms. The maximum Gasteiger partial charge on any atom is 0.489 e. The molecule has 1 fully saturated rings. The van der Waals surface area contributed by atoms with Crippen molar-refractivity contribution in [1.29, 1.82) is 0 Å². The van der Waals surface area contributed by atoms with E-state index in [-0.39, 0.29) is 12.2 Å². The molecule has 1 aliphatic rings. The van der Waals surface area contributed by atoms with Crippen molar-refractivity contribution in [1.82, 2.24) is 14.3 Å². The van der Waals surface area contributed by atoms with Crippen LogP contribution in [0.25, 0.3) is 11.0 Å². The summed E-state index contributed by atoms with van der Waals surface area (Å²) in [6, 6.07) is 7.78. The lowest BCUT2D eigenvalue weighted by Gasteiger charge is -2.26. The topological polar surface area (TPSA) is 264 Å². The van der Waals surface area contributed by atoms with E-state index in [9.17, 15) is 43.4 Å². The van der Waals surface area contributed by atoms with E-state index in [4.69, 9.17) is 36.6 Å². The fourth-order valence-electron chi connectivity index (χ4n) is 4.45. The van der Waals surface area contributed by atoms with Gasteiger partial charge in [0.05, 0.1) is 24.0 Å². The molecule has 0 radical (unpaired) electrons. The van der Waals surface area contributed by atoms with Crippen molar-refractivity contribution < 1.29 is 70.4 Å². The number of ether oxygens (including phenoxy) is 3. The number of aliphatic hydroxyl groups is 2. The molecule has 1 aromatic carbocycles. The third-order valence-electron chi connectivity index (χ3n) is 7.25. The van der Waals surface area contributed by atoms with Crippen molar-refractivity contribution in [3.05, 3.63) is 63.1 Å². The van der Waals surface area contributed by atoms with E-state index < -0.39 is 93.9 Å². The molecule has 22 heteroatoms. The van der Waals surface area contributed by atoms with E-state index in [0.29, 0.717) is 11.0 Å². The summed E-state index contributed by atoms with van der Waals surface area (Å²) >= 11 is 0. The Morgan fingerprint density at radius 2 is 1.63 bits per heavy atom. The molecule has 1 saturated heterocycles. The summed E-state index contributed by atoms with van der Waals surface area (Å²) in [5.74, 6) is -1.62. The average molecular weight is 778 g/mol. The molecule has 0 bridgehead atoms. The lowest BCUT2D eigenvalue weighted by molar-refractivity contribution is -0.173. The van der Waals surface area contributed by atoms with Gasteiger partial charge in [0.15, 0.2) is 11.8 Å². The van der Waals surface area contributed by atoms with Gasteiger partial charge in [-0.05, 0) is 60.6 Å². The van der Waals surface area contributed by atoms with E-state index in [2.05, 4.69) is 5.16 Å². The first-order valence-corrected chi connectivity index (χ1v) is 18.6. The maximum absolute atomic E-state index is 13.5. The second-order valence-electron chi connectivity index (χ2n) is 13.7. The minimum absolute atomic E-state index is 0.268. The Labute approximate surface area is 296 Å². The molecule has 288 valence electrons. The van der Waals surface area contributed by atoms with Crippen molar-refractivity contribution in [3.8, 4) is 0 Å². The predicted octanol–water partition coefficient (Wildman–Crippen LogP) is 2.58. The summed E-state index contributed by atoms with van der Waals surface area (Å²) in [5.41, 5.74) is -3.03. The van der Waals surface area contributed by atoms with E-state index in [1.807, 2.05) is 0 Å². The molecule has 1 aliphatic heterocycles. The van der Waals surface area contributed by atoms with Crippen molar-refractivity contribution >= 4 is 38.6 Å². The molecule has 0 saturated carbocycles. The first-order chi connectivity index (χ1) is 24.0. The highest BCUT2D eigenvalue weighted by atomic mass is 31.3. The molecule has 3 aromatic rings. The molecular formula is C30H41N3O17P2. The monoisotopic (exact) mass is 777 g/mol. The van der Waals surface area contributed by atoms with Gasteiger partial charge in [-0.1, -0.05) is 17.3 Å². The molecule has 0 aliphatic carbocycles. The van der Waals surface area contributed by atoms with Crippen LogP contribution < -0.4 is 11.2 Å². The third-order valence-corrected chi connectivity index (χ3v) is 10.3. The number of aromatic nitrogens is 3. The zero-order valence-corrected chi connectivity index (χ0v) is 31.1. The minimum Gasteiger partial charge on any atom is -0.437 e. The van der Waals surface area contributed by atoms with E-state index in [1.165, 1.54) is 41.5 Å². The molecule has 0 spiro atoms. The number of carbonyl (C=O) groups is 2. The maximum atomic E-state index is 13.5. The number of rotatable bonds is 14. The quantitative estimate of drug-likeness (QED) is 0.121. The zero-order valence-electron chi connectivity index (χ0n) is 29.3. The van der Waals surface area contributed by atoms with Crippen LogP contribution in [-0.4, -0.2) is 79.3 Å². The number of fused-ring (bicyclic) bond motifs is 1. The number of esters is 2. The smallest absolute Gasteiger partial charge is 0.437 e. The number of carbonyl (C=O) groups excluding carboxylic acids is 2. The average Bonchev–Trinajstić information content (AvgIpc) is 3.56. The number of phosphoric ester groups is 2. The zero-order chi connectivity index (χ0) is 38.8. The Balaban J connectivity index is 1.47. The van der Waals surface area contributed by atoms with Gasteiger partial charge in [0.2, 0.25) is 13.1 Å². The van der Waals surface area contributed by atoms with Crippen molar-refractivity contribution in [3.63, 3.8) is 0 Å². The molecule has 2 aromatic heterocycles. The second kappa shape index (κ2) is 15.8. The van der Waals surface area contributed by atoms with Crippen molar-refractivity contribution in [2.45, 2.75) is 85.8 Å². The number of aliphatic hydroxyl groups excluding tert-OH is 2. The highest BCUT2D eigenvalue weighted by Gasteiger charge is 2.47. The van der Waals surface area contributed by atoms with E-state index >= 15 is 0 Å². The van der Waals surface area contributed by atoms with Gasteiger partial charge in [-0.2, -0.15) is 4.31 Å². The van der Waals surface area contributed by atoms with Crippen LogP contribution in [0, 0.1) is 10.8 Å². The number of hydrogen-bond acceptors (Lipinski definition) is 17. The van der Waals surface area contributed by atoms with Crippen LogP contribution in [0.3, 0.4) is 0 Å². The van der Waals surface area contributed by atoms with Gasteiger partial charge in [-0.15, -0.1) is 0 Å². The van der Waals surface area contributed by atoms with Crippen LogP contribution in [0.4, 0.5) is 0 Å². The first kappa shape index (κ1) is 41.2. The Hall–Kier alpha value is -3.55. The molecule has 0 amide bonds. The first-order valence-electron chi connectivity index (χ1n) is 15.7. The highest BCUT2D eigenvalue weighted by Crippen LogP contribution is 2.64. The second-order valence-corrected chi connectivity index (χ2v) is 16.9. The van der Waals surface area contributed by atoms with Crippen molar-refractivity contribution in [2.75, 3.05) is 13.4 Å².